The van der Waals surface area contributed by atoms with Crippen LogP contribution >= 0.6 is 0 Å². The zero-order valence-corrected chi connectivity index (χ0v) is 12.9. The maximum absolute atomic E-state index is 12.4. The fourth-order valence-corrected chi connectivity index (χ4v) is 2.85. The van der Waals surface area contributed by atoms with Crippen LogP contribution in [0.4, 0.5) is 0 Å². The van der Waals surface area contributed by atoms with Crippen molar-refractivity contribution < 1.29 is 18.3 Å². The van der Waals surface area contributed by atoms with Crippen molar-refractivity contribution in [1.29, 1.82) is 0 Å². The normalized spacial score (nSPS) is 11.6. The standard InChI is InChI=1S/C14H15N3O4S/c1-10-3-5-12(6-4-10)22(20,21)17(2)9-13-15-7-11(8-16-13)14(18)19/h3-8H,9H2,1-2H3,(H,18,19). The predicted molar refractivity (Wildman–Crippen MR) is 78.8 cm³/mol. The Bertz CT molecular complexity index is 771. The van der Waals surface area contributed by atoms with Crippen LogP contribution in [0.1, 0.15) is 21.7 Å². The van der Waals surface area contributed by atoms with Gasteiger partial charge in [0.15, 0.2) is 0 Å². The Hall–Kier alpha value is -2.32. The van der Waals surface area contributed by atoms with Crippen LogP contribution in [0.3, 0.4) is 0 Å². The first-order chi connectivity index (χ1) is 10.3. The van der Waals surface area contributed by atoms with Gasteiger partial charge in [0.2, 0.25) is 10.0 Å². The molecule has 8 heteroatoms. The molecule has 0 unspecified atom stereocenters. The fraction of sp³-hybridized carbons (Fsp3) is 0.214. The summed E-state index contributed by atoms with van der Waals surface area (Å²) in [6.07, 6.45) is 2.30. The molecule has 1 aromatic heterocycles. The monoisotopic (exact) mass is 321 g/mol. The molecule has 0 aliphatic heterocycles. The van der Waals surface area contributed by atoms with Gasteiger partial charge in [-0.15, -0.1) is 0 Å². The number of rotatable bonds is 5. The number of carbonyl (C=O) groups is 1. The first-order valence-electron chi connectivity index (χ1n) is 6.38. The molecule has 0 spiro atoms. The second kappa shape index (κ2) is 6.20. The van der Waals surface area contributed by atoms with E-state index in [4.69, 9.17) is 5.11 Å². The van der Waals surface area contributed by atoms with Crippen LogP contribution in [-0.2, 0) is 16.6 Å². The molecule has 0 bridgehead atoms. The van der Waals surface area contributed by atoms with Gasteiger partial charge >= 0.3 is 5.97 Å². The largest absolute Gasteiger partial charge is 0.478 e. The first-order valence-corrected chi connectivity index (χ1v) is 7.82. The number of hydrogen-bond acceptors (Lipinski definition) is 5. The van der Waals surface area contributed by atoms with Gasteiger partial charge in [0.25, 0.3) is 0 Å². The molecular formula is C14H15N3O4S. The molecule has 0 fully saturated rings. The summed E-state index contributed by atoms with van der Waals surface area (Å²) in [5.41, 5.74) is 0.919. The minimum atomic E-state index is -3.64. The number of carboxylic acids is 1. The van der Waals surface area contributed by atoms with Crippen molar-refractivity contribution in [2.75, 3.05) is 7.05 Å². The van der Waals surface area contributed by atoms with Gasteiger partial charge in [-0.05, 0) is 19.1 Å². The number of benzene rings is 1. The third kappa shape index (κ3) is 3.46. The van der Waals surface area contributed by atoms with E-state index in [0.29, 0.717) is 0 Å². The lowest BCUT2D eigenvalue weighted by Crippen LogP contribution is -2.27. The Labute approximate surface area is 128 Å². The molecule has 1 aromatic carbocycles. The van der Waals surface area contributed by atoms with Crippen LogP contribution in [0.25, 0.3) is 0 Å². The average molecular weight is 321 g/mol. The molecule has 0 aliphatic rings. The molecule has 2 aromatic rings. The van der Waals surface area contributed by atoms with E-state index >= 15 is 0 Å². The number of carboxylic acid groups (broad SMARTS) is 1. The molecule has 0 saturated heterocycles. The van der Waals surface area contributed by atoms with E-state index in [-0.39, 0.29) is 22.8 Å². The molecule has 1 heterocycles. The van der Waals surface area contributed by atoms with Crippen molar-refractivity contribution in [2.45, 2.75) is 18.4 Å². The second-order valence-electron chi connectivity index (χ2n) is 4.77. The summed E-state index contributed by atoms with van der Waals surface area (Å²) in [5, 5.41) is 8.77. The highest BCUT2D eigenvalue weighted by molar-refractivity contribution is 7.89. The van der Waals surface area contributed by atoms with Gasteiger partial charge < -0.3 is 5.11 Å². The number of hydrogen-bond donors (Lipinski definition) is 1. The van der Waals surface area contributed by atoms with Crippen LogP contribution in [-0.4, -0.2) is 40.8 Å². The molecule has 0 aliphatic carbocycles. The van der Waals surface area contributed by atoms with Crippen molar-refractivity contribution in [2.24, 2.45) is 0 Å². The summed E-state index contributed by atoms with van der Waals surface area (Å²) in [7, 11) is -2.22. The van der Waals surface area contributed by atoms with E-state index in [1.807, 2.05) is 6.92 Å². The summed E-state index contributed by atoms with van der Waals surface area (Å²) < 4.78 is 25.9. The Kier molecular flexibility index (Phi) is 4.53. The van der Waals surface area contributed by atoms with Crippen LogP contribution in [0, 0.1) is 6.92 Å². The van der Waals surface area contributed by atoms with Gasteiger partial charge in [0, 0.05) is 19.4 Å². The lowest BCUT2D eigenvalue weighted by Gasteiger charge is -2.16. The highest BCUT2D eigenvalue weighted by Gasteiger charge is 2.21. The van der Waals surface area contributed by atoms with Crippen LogP contribution in [0.15, 0.2) is 41.6 Å². The molecule has 2 rings (SSSR count). The van der Waals surface area contributed by atoms with Crippen LogP contribution in [0.2, 0.25) is 0 Å². The quantitative estimate of drug-likeness (QED) is 0.891. The molecule has 1 N–H and O–H groups in total. The van der Waals surface area contributed by atoms with Gasteiger partial charge in [-0.2, -0.15) is 4.31 Å². The van der Waals surface area contributed by atoms with Crippen molar-refractivity contribution in [3.8, 4) is 0 Å². The van der Waals surface area contributed by atoms with E-state index in [2.05, 4.69) is 9.97 Å². The number of sulfonamides is 1. The van der Waals surface area contributed by atoms with Crippen molar-refractivity contribution in [3.05, 3.63) is 53.6 Å². The lowest BCUT2D eigenvalue weighted by molar-refractivity contribution is 0.0696. The molecule has 0 saturated carbocycles. The van der Waals surface area contributed by atoms with E-state index in [0.717, 1.165) is 22.3 Å². The smallest absolute Gasteiger partial charge is 0.338 e. The Balaban J connectivity index is 2.18. The van der Waals surface area contributed by atoms with E-state index in [9.17, 15) is 13.2 Å². The summed E-state index contributed by atoms with van der Waals surface area (Å²) >= 11 is 0. The molecule has 116 valence electrons. The topological polar surface area (TPSA) is 100 Å². The minimum Gasteiger partial charge on any atom is -0.478 e. The molecule has 22 heavy (non-hydrogen) atoms. The molecule has 0 radical (unpaired) electrons. The minimum absolute atomic E-state index is 0.0455. The zero-order chi connectivity index (χ0) is 16.3. The van der Waals surface area contributed by atoms with E-state index in [1.165, 1.54) is 19.2 Å². The molecule has 7 nitrogen and oxygen atoms in total. The number of aryl methyl sites for hydroxylation is 1. The van der Waals surface area contributed by atoms with Crippen molar-refractivity contribution in [3.63, 3.8) is 0 Å². The molecule has 0 amide bonds. The summed E-state index contributed by atoms with van der Waals surface area (Å²) in [6.45, 7) is 1.83. The van der Waals surface area contributed by atoms with Crippen molar-refractivity contribution in [1.82, 2.24) is 14.3 Å². The zero-order valence-electron chi connectivity index (χ0n) is 12.1. The van der Waals surface area contributed by atoms with Gasteiger partial charge in [0.1, 0.15) is 5.82 Å². The highest BCUT2D eigenvalue weighted by Crippen LogP contribution is 2.16. The average Bonchev–Trinajstić information content (AvgIpc) is 2.48. The Morgan fingerprint density at radius 1 is 1.18 bits per heavy atom. The van der Waals surface area contributed by atoms with Gasteiger partial charge in [0.05, 0.1) is 17.0 Å². The van der Waals surface area contributed by atoms with Crippen LogP contribution in [0.5, 0.6) is 0 Å². The Morgan fingerprint density at radius 2 is 1.73 bits per heavy atom. The summed E-state index contributed by atoms with van der Waals surface area (Å²) in [6, 6.07) is 6.52. The van der Waals surface area contributed by atoms with Crippen molar-refractivity contribution >= 4 is 16.0 Å². The number of aromatic nitrogens is 2. The summed E-state index contributed by atoms with van der Waals surface area (Å²) in [5.74, 6) is -0.907. The maximum atomic E-state index is 12.4. The van der Waals surface area contributed by atoms with Gasteiger partial charge in [-0.1, -0.05) is 17.7 Å². The second-order valence-corrected chi connectivity index (χ2v) is 6.81. The SMILES string of the molecule is Cc1ccc(S(=O)(=O)N(C)Cc2ncc(C(=O)O)cn2)cc1. The molecular weight excluding hydrogens is 306 g/mol. The van der Waals surface area contributed by atoms with Crippen LogP contribution < -0.4 is 0 Å². The third-order valence-electron chi connectivity index (χ3n) is 3.05. The van der Waals surface area contributed by atoms with E-state index < -0.39 is 16.0 Å². The Morgan fingerprint density at radius 3 is 2.23 bits per heavy atom. The van der Waals surface area contributed by atoms with E-state index in [1.54, 1.807) is 12.1 Å². The number of nitrogens with zero attached hydrogens (tertiary/aromatic N) is 3. The maximum Gasteiger partial charge on any atom is 0.338 e. The third-order valence-corrected chi connectivity index (χ3v) is 4.86. The predicted octanol–water partition coefficient (Wildman–Crippen LogP) is 1.30. The first kappa shape index (κ1) is 16.1. The molecule has 0 atom stereocenters. The summed E-state index contributed by atoms with van der Waals surface area (Å²) in [4.78, 5) is 18.6. The number of aromatic carboxylic acids is 1. The van der Waals surface area contributed by atoms with Gasteiger partial charge in [-0.25, -0.2) is 23.2 Å². The highest BCUT2D eigenvalue weighted by atomic mass is 32.2. The fourth-order valence-electron chi connectivity index (χ4n) is 1.72. The van der Waals surface area contributed by atoms with Gasteiger partial charge in [-0.3, -0.25) is 0 Å². The lowest BCUT2D eigenvalue weighted by atomic mass is 10.2.